The highest BCUT2D eigenvalue weighted by Crippen LogP contribution is 2.30. The summed E-state index contributed by atoms with van der Waals surface area (Å²) in [5.41, 5.74) is 5.68. The minimum absolute atomic E-state index is 0.161. The van der Waals surface area contributed by atoms with Crippen molar-refractivity contribution >= 4 is 23.2 Å². The third-order valence-corrected chi connectivity index (χ3v) is 4.88. The van der Waals surface area contributed by atoms with Crippen LogP contribution in [0.3, 0.4) is 0 Å². The normalized spacial score (nSPS) is 10.8. The van der Waals surface area contributed by atoms with Crippen molar-refractivity contribution < 1.29 is 5.11 Å². The van der Waals surface area contributed by atoms with Crippen molar-refractivity contribution in [3.8, 4) is 17.2 Å². The maximum Gasteiger partial charge on any atom is 0.134 e. The summed E-state index contributed by atoms with van der Waals surface area (Å²) in [6.07, 6.45) is 1.68. The Morgan fingerprint density at radius 1 is 1.23 bits per heavy atom. The van der Waals surface area contributed by atoms with Gasteiger partial charge in [0, 0.05) is 23.0 Å². The van der Waals surface area contributed by atoms with Gasteiger partial charge in [0.15, 0.2) is 0 Å². The van der Waals surface area contributed by atoms with Crippen LogP contribution in [-0.4, -0.2) is 19.9 Å². The Morgan fingerprint density at radius 3 is 2.65 bits per heavy atom. The molecule has 7 heteroatoms. The van der Waals surface area contributed by atoms with Gasteiger partial charge >= 0.3 is 0 Å². The Balaban J connectivity index is 1.98. The van der Waals surface area contributed by atoms with E-state index in [1.54, 1.807) is 18.3 Å². The Kier molecular flexibility index (Phi) is 5.28. The SMILES string of the molecule is Cc1nn(Cc2cnc(Cl)c(CO)c2)c(C)c1-c1ccc(C#N)c(Cl)c1. The molecule has 3 aromatic rings. The molecule has 26 heavy (non-hydrogen) atoms. The largest absolute Gasteiger partial charge is 0.392 e. The third kappa shape index (κ3) is 3.45. The lowest BCUT2D eigenvalue weighted by Crippen LogP contribution is -2.05. The van der Waals surface area contributed by atoms with E-state index in [4.69, 9.17) is 28.5 Å². The first kappa shape index (κ1) is 18.4. The van der Waals surface area contributed by atoms with Gasteiger partial charge < -0.3 is 5.11 Å². The fraction of sp³-hybridized carbons (Fsp3) is 0.211. The van der Waals surface area contributed by atoms with Crippen LogP contribution >= 0.6 is 23.2 Å². The fourth-order valence-corrected chi connectivity index (χ4v) is 3.33. The molecule has 1 aromatic carbocycles. The molecule has 0 radical (unpaired) electrons. The maximum absolute atomic E-state index is 9.35. The van der Waals surface area contributed by atoms with Crippen LogP contribution < -0.4 is 0 Å². The zero-order valence-corrected chi connectivity index (χ0v) is 15.8. The number of nitrogens with zero attached hydrogens (tertiary/aromatic N) is 4. The molecule has 0 atom stereocenters. The number of halogens is 2. The second-order valence-electron chi connectivity index (χ2n) is 5.96. The van der Waals surface area contributed by atoms with Gasteiger partial charge in [0.05, 0.1) is 29.4 Å². The second kappa shape index (κ2) is 7.46. The molecule has 0 aliphatic rings. The molecule has 132 valence electrons. The standard InChI is InChI=1S/C19H16Cl2N4O/c1-11-18(14-3-4-15(7-22)17(20)6-14)12(2)25(24-11)9-13-5-16(10-26)19(21)23-8-13/h3-6,8,26H,9-10H2,1-2H3. The average Bonchev–Trinajstić information content (AvgIpc) is 2.90. The van der Waals surface area contributed by atoms with Crippen LogP contribution in [-0.2, 0) is 13.2 Å². The van der Waals surface area contributed by atoms with E-state index in [0.29, 0.717) is 27.8 Å². The topological polar surface area (TPSA) is 74.7 Å². The summed E-state index contributed by atoms with van der Waals surface area (Å²) in [4.78, 5) is 4.11. The molecule has 0 saturated carbocycles. The Morgan fingerprint density at radius 2 is 2.00 bits per heavy atom. The summed E-state index contributed by atoms with van der Waals surface area (Å²) in [5.74, 6) is 0. The summed E-state index contributed by atoms with van der Waals surface area (Å²) < 4.78 is 1.88. The first-order valence-electron chi connectivity index (χ1n) is 7.92. The van der Waals surface area contributed by atoms with Gasteiger partial charge in [-0.15, -0.1) is 0 Å². The monoisotopic (exact) mass is 386 g/mol. The van der Waals surface area contributed by atoms with Crippen LogP contribution in [0, 0.1) is 25.2 Å². The predicted molar refractivity (Wildman–Crippen MR) is 101 cm³/mol. The molecule has 5 nitrogen and oxygen atoms in total. The molecule has 0 amide bonds. The quantitative estimate of drug-likeness (QED) is 0.678. The van der Waals surface area contributed by atoms with Gasteiger partial charge in [0.2, 0.25) is 0 Å². The Hall–Kier alpha value is -2.39. The molecule has 0 aliphatic heterocycles. The van der Waals surface area contributed by atoms with Crippen molar-refractivity contribution in [2.45, 2.75) is 27.0 Å². The van der Waals surface area contributed by atoms with Gasteiger partial charge in [0.1, 0.15) is 11.2 Å². The summed E-state index contributed by atoms with van der Waals surface area (Å²) in [6.45, 7) is 4.27. The van der Waals surface area contributed by atoms with E-state index in [0.717, 1.165) is 28.1 Å². The summed E-state index contributed by atoms with van der Waals surface area (Å²) in [5, 5.41) is 23.7. The van der Waals surface area contributed by atoms with Crippen LogP contribution in [0.2, 0.25) is 10.2 Å². The van der Waals surface area contributed by atoms with Crippen molar-refractivity contribution in [2.24, 2.45) is 0 Å². The fourth-order valence-electron chi connectivity index (χ4n) is 2.94. The van der Waals surface area contributed by atoms with Crippen molar-refractivity contribution in [1.29, 1.82) is 5.26 Å². The van der Waals surface area contributed by atoms with Crippen molar-refractivity contribution in [3.05, 3.63) is 68.7 Å². The highest BCUT2D eigenvalue weighted by molar-refractivity contribution is 6.32. The predicted octanol–water partition coefficient (Wildman–Crippen LogP) is 4.28. The van der Waals surface area contributed by atoms with Crippen molar-refractivity contribution in [3.63, 3.8) is 0 Å². The molecule has 0 aliphatic carbocycles. The number of aromatic nitrogens is 3. The number of rotatable bonds is 4. The average molecular weight is 387 g/mol. The molecule has 1 N–H and O–H groups in total. The van der Waals surface area contributed by atoms with Crippen LogP contribution in [0.15, 0.2) is 30.5 Å². The van der Waals surface area contributed by atoms with E-state index in [1.807, 2.05) is 30.7 Å². The van der Waals surface area contributed by atoms with E-state index in [2.05, 4.69) is 16.2 Å². The zero-order valence-electron chi connectivity index (χ0n) is 14.3. The van der Waals surface area contributed by atoms with Gasteiger partial charge in [-0.05, 0) is 43.2 Å². The smallest absolute Gasteiger partial charge is 0.134 e. The number of pyridine rings is 1. The van der Waals surface area contributed by atoms with E-state index in [9.17, 15) is 5.11 Å². The zero-order chi connectivity index (χ0) is 18.8. The molecule has 2 aromatic heterocycles. The molecule has 2 heterocycles. The number of aliphatic hydroxyl groups excluding tert-OH is 1. The third-order valence-electron chi connectivity index (χ3n) is 4.23. The number of benzene rings is 1. The molecular weight excluding hydrogens is 371 g/mol. The first-order chi connectivity index (χ1) is 12.4. The summed E-state index contributed by atoms with van der Waals surface area (Å²) >= 11 is 12.1. The van der Waals surface area contributed by atoms with E-state index in [-0.39, 0.29) is 6.61 Å². The van der Waals surface area contributed by atoms with Gasteiger partial charge in [0.25, 0.3) is 0 Å². The van der Waals surface area contributed by atoms with Crippen LogP contribution in [0.1, 0.15) is 28.1 Å². The van der Waals surface area contributed by atoms with Gasteiger partial charge in [-0.1, -0.05) is 29.3 Å². The maximum atomic E-state index is 9.35. The van der Waals surface area contributed by atoms with E-state index >= 15 is 0 Å². The number of hydrogen-bond donors (Lipinski definition) is 1. The molecule has 0 unspecified atom stereocenters. The molecule has 3 rings (SSSR count). The minimum Gasteiger partial charge on any atom is -0.392 e. The lowest BCUT2D eigenvalue weighted by molar-refractivity contribution is 0.281. The Bertz CT molecular complexity index is 1020. The van der Waals surface area contributed by atoms with Crippen LogP contribution in [0.5, 0.6) is 0 Å². The molecular formula is C19H16Cl2N4O. The van der Waals surface area contributed by atoms with E-state index < -0.39 is 0 Å². The van der Waals surface area contributed by atoms with Crippen LogP contribution in [0.4, 0.5) is 0 Å². The van der Waals surface area contributed by atoms with E-state index in [1.165, 1.54) is 0 Å². The summed E-state index contributed by atoms with van der Waals surface area (Å²) in [7, 11) is 0. The first-order valence-corrected chi connectivity index (χ1v) is 8.68. The highest BCUT2D eigenvalue weighted by Gasteiger charge is 2.15. The minimum atomic E-state index is -0.161. The Labute approximate surface area is 161 Å². The highest BCUT2D eigenvalue weighted by atomic mass is 35.5. The number of aryl methyl sites for hydroxylation is 1. The van der Waals surface area contributed by atoms with Crippen LogP contribution in [0.25, 0.3) is 11.1 Å². The number of hydrogen-bond acceptors (Lipinski definition) is 4. The molecule has 0 fully saturated rings. The van der Waals surface area contributed by atoms with Gasteiger partial charge in [-0.2, -0.15) is 10.4 Å². The number of nitriles is 1. The lowest BCUT2D eigenvalue weighted by atomic mass is 10.0. The lowest BCUT2D eigenvalue weighted by Gasteiger charge is -2.08. The van der Waals surface area contributed by atoms with Gasteiger partial charge in [-0.25, -0.2) is 4.98 Å². The number of aliphatic hydroxyl groups is 1. The molecule has 0 saturated heterocycles. The summed E-state index contributed by atoms with van der Waals surface area (Å²) in [6, 6.07) is 9.26. The van der Waals surface area contributed by atoms with Crippen molar-refractivity contribution in [1.82, 2.24) is 14.8 Å². The molecule has 0 spiro atoms. The van der Waals surface area contributed by atoms with Gasteiger partial charge in [-0.3, -0.25) is 4.68 Å². The second-order valence-corrected chi connectivity index (χ2v) is 6.73. The molecule has 0 bridgehead atoms. The van der Waals surface area contributed by atoms with Crippen molar-refractivity contribution in [2.75, 3.05) is 0 Å².